The van der Waals surface area contributed by atoms with Gasteiger partial charge in [-0.15, -0.1) is 0 Å². The van der Waals surface area contributed by atoms with E-state index in [4.69, 9.17) is 14.2 Å². The van der Waals surface area contributed by atoms with E-state index in [1.165, 1.54) is 24.0 Å². The second kappa shape index (κ2) is 6.80. The number of allylic oxidation sites excluding steroid dienone is 1. The number of ether oxygens (including phenoxy) is 3. The van der Waals surface area contributed by atoms with Crippen LogP contribution in [0.1, 0.15) is 44.6 Å². The molecular formula is C23H30NO4+. The van der Waals surface area contributed by atoms with Crippen LogP contribution in [-0.2, 0) is 16.1 Å². The van der Waals surface area contributed by atoms with Crippen molar-refractivity contribution in [3.63, 3.8) is 0 Å². The van der Waals surface area contributed by atoms with Crippen LogP contribution in [0.4, 0.5) is 0 Å². The van der Waals surface area contributed by atoms with Gasteiger partial charge in [-0.2, -0.15) is 0 Å². The van der Waals surface area contributed by atoms with Crippen molar-refractivity contribution in [1.82, 2.24) is 0 Å². The van der Waals surface area contributed by atoms with Gasteiger partial charge in [0, 0.05) is 11.5 Å². The van der Waals surface area contributed by atoms with Crippen molar-refractivity contribution < 1.29 is 24.3 Å². The molecule has 2 aliphatic carbocycles. The summed E-state index contributed by atoms with van der Waals surface area (Å²) in [6, 6.07) is 6.06. The third-order valence-electron chi connectivity index (χ3n) is 7.56. The fourth-order valence-corrected chi connectivity index (χ4v) is 6.02. The quantitative estimate of drug-likeness (QED) is 0.641. The summed E-state index contributed by atoms with van der Waals surface area (Å²) in [6.45, 7) is 8.66. The Morgan fingerprint density at radius 1 is 1.29 bits per heavy atom. The molecule has 0 spiro atoms. The Morgan fingerprint density at radius 3 is 3.04 bits per heavy atom. The highest BCUT2D eigenvalue weighted by atomic mass is 16.7. The molecule has 5 nitrogen and oxygen atoms in total. The van der Waals surface area contributed by atoms with Crippen molar-refractivity contribution in [1.29, 1.82) is 0 Å². The Kier molecular flexibility index (Phi) is 4.38. The highest BCUT2D eigenvalue weighted by molar-refractivity contribution is 5.75. The number of fused-ring (bicyclic) bond motifs is 3. The van der Waals surface area contributed by atoms with Gasteiger partial charge in [-0.25, -0.2) is 0 Å². The molecule has 5 atom stereocenters. The second-order valence-electron chi connectivity index (χ2n) is 9.32. The number of hydrogen-bond acceptors (Lipinski definition) is 4. The lowest BCUT2D eigenvalue weighted by atomic mass is 9.55. The number of hydrogen-bond donors (Lipinski definition) is 1. The van der Waals surface area contributed by atoms with Gasteiger partial charge in [0.25, 0.3) is 0 Å². The number of benzene rings is 1. The number of carbonyl (C=O) groups is 1. The fraction of sp³-hybridized carbons (Fsp3) is 0.609. The van der Waals surface area contributed by atoms with Crippen LogP contribution in [-0.4, -0.2) is 25.4 Å². The van der Waals surface area contributed by atoms with Crippen molar-refractivity contribution in [2.45, 2.75) is 51.7 Å². The van der Waals surface area contributed by atoms with E-state index in [9.17, 15) is 4.79 Å². The average Bonchev–Trinajstić information content (AvgIpc) is 3.24. The molecule has 3 fully saturated rings. The van der Waals surface area contributed by atoms with E-state index in [1.807, 2.05) is 12.1 Å². The van der Waals surface area contributed by atoms with Crippen LogP contribution in [0, 0.1) is 23.2 Å². The molecular weight excluding hydrogens is 354 g/mol. The summed E-state index contributed by atoms with van der Waals surface area (Å²) >= 11 is 0. The Morgan fingerprint density at radius 2 is 2.14 bits per heavy atom. The first-order chi connectivity index (χ1) is 13.5. The molecule has 5 heteroatoms. The molecule has 2 aliphatic heterocycles. The zero-order chi connectivity index (χ0) is 19.3. The van der Waals surface area contributed by atoms with Gasteiger partial charge >= 0.3 is 5.97 Å². The van der Waals surface area contributed by atoms with Crippen molar-refractivity contribution in [3.05, 3.63) is 35.9 Å². The third-order valence-corrected chi connectivity index (χ3v) is 7.56. The molecule has 2 saturated carbocycles. The zero-order valence-electron chi connectivity index (χ0n) is 16.6. The summed E-state index contributed by atoms with van der Waals surface area (Å²) in [5.41, 5.74) is 2.85. The number of rotatable bonds is 4. The maximum absolute atomic E-state index is 12.6. The molecule has 1 aromatic carbocycles. The molecule has 28 heavy (non-hydrogen) atoms. The Labute approximate surface area is 166 Å². The maximum Gasteiger partial charge on any atom is 0.315 e. The molecule has 2 heterocycles. The molecule has 150 valence electrons. The standard InChI is InChI=1S/C23H29NO4/c1-14-4-3-7-23(2)10-21-16(9-18(14)23)17(22(25)28-21)12-24-11-15-5-6-19-20(8-15)27-13-26-19/h5-6,8,16-18,21,24H,1,3-4,7,9-13H2,2H3/p+1/t16-,17-,18+,21+,23-/m0/s1. The summed E-state index contributed by atoms with van der Waals surface area (Å²) in [6.07, 6.45) is 5.78. The van der Waals surface area contributed by atoms with Crippen molar-refractivity contribution >= 4 is 5.97 Å². The Hall–Kier alpha value is -2.01. The summed E-state index contributed by atoms with van der Waals surface area (Å²) in [5, 5.41) is 2.23. The third kappa shape index (κ3) is 3.00. The zero-order valence-corrected chi connectivity index (χ0v) is 16.6. The van der Waals surface area contributed by atoms with Crippen LogP contribution in [0.3, 0.4) is 0 Å². The van der Waals surface area contributed by atoms with Gasteiger partial charge < -0.3 is 19.5 Å². The first-order valence-electron chi connectivity index (χ1n) is 10.6. The van der Waals surface area contributed by atoms with Crippen molar-refractivity contribution in [2.24, 2.45) is 23.2 Å². The molecule has 5 rings (SSSR count). The van der Waals surface area contributed by atoms with Crippen LogP contribution in [0.2, 0.25) is 0 Å². The first-order valence-corrected chi connectivity index (χ1v) is 10.6. The van der Waals surface area contributed by atoms with Gasteiger partial charge in [-0.3, -0.25) is 4.79 Å². The lowest BCUT2D eigenvalue weighted by Crippen LogP contribution is -2.84. The molecule has 2 N–H and O–H groups in total. The van der Waals surface area contributed by atoms with Gasteiger partial charge in [0.2, 0.25) is 6.79 Å². The predicted molar refractivity (Wildman–Crippen MR) is 104 cm³/mol. The lowest BCUT2D eigenvalue weighted by Gasteiger charge is -2.49. The minimum Gasteiger partial charge on any atom is -0.462 e. The molecule has 0 amide bonds. The fourth-order valence-electron chi connectivity index (χ4n) is 6.02. The van der Waals surface area contributed by atoms with Crippen LogP contribution < -0.4 is 14.8 Å². The van der Waals surface area contributed by atoms with Gasteiger partial charge in [-0.05, 0) is 61.6 Å². The Balaban J connectivity index is 1.23. The number of quaternary nitrogens is 1. The normalized spacial score (nSPS) is 36.0. The smallest absolute Gasteiger partial charge is 0.315 e. The minimum absolute atomic E-state index is 0.00159. The topological polar surface area (TPSA) is 61.4 Å². The summed E-state index contributed by atoms with van der Waals surface area (Å²) in [4.78, 5) is 12.6. The van der Waals surface area contributed by atoms with Gasteiger partial charge in [0.05, 0.1) is 6.54 Å². The van der Waals surface area contributed by atoms with Crippen molar-refractivity contribution in [3.8, 4) is 11.5 Å². The number of esters is 1. The SMILES string of the molecule is C=C1CCC[C@@]2(C)C[C@H]3OC(=O)[C@@H](C[NH2+]Cc4ccc5c(c4)OCO5)[C@@H]3C[C@H]12. The summed E-state index contributed by atoms with van der Waals surface area (Å²) in [7, 11) is 0. The van der Waals surface area contributed by atoms with E-state index in [2.05, 4.69) is 24.9 Å². The molecule has 0 aromatic heterocycles. The van der Waals surface area contributed by atoms with Crippen molar-refractivity contribution in [2.75, 3.05) is 13.3 Å². The number of nitrogens with two attached hydrogens (primary N) is 1. The molecule has 0 unspecified atom stereocenters. The minimum atomic E-state index is -0.00159. The number of carbonyl (C=O) groups excluding carboxylic acids is 1. The van der Waals surface area contributed by atoms with Crippen LogP contribution in [0.5, 0.6) is 11.5 Å². The Bertz CT molecular complexity index is 806. The lowest BCUT2D eigenvalue weighted by molar-refractivity contribution is -0.675. The van der Waals surface area contributed by atoms with E-state index >= 15 is 0 Å². The van der Waals surface area contributed by atoms with E-state index in [-0.39, 0.29) is 23.4 Å². The predicted octanol–water partition coefficient (Wildman–Crippen LogP) is 2.79. The average molecular weight is 384 g/mol. The van der Waals surface area contributed by atoms with Crippen LogP contribution in [0.25, 0.3) is 0 Å². The molecule has 1 saturated heterocycles. The second-order valence-corrected chi connectivity index (χ2v) is 9.32. The monoisotopic (exact) mass is 384 g/mol. The van der Waals surface area contributed by atoms with E-state index in [0.29, 0.717) is 18.6 Å². The van der Waals surface area contributed by atoms with E-state index < -0.39 is 0 Å². The van der Waals surface area contributed by atoms with Gasteiger partial charge in [0.15, 0.2) is 11.5 Å². The first kappa shape index (κ1) is 18.0. The molecule has 0 radical (unpaired) electrons. The molecule has 4 aliphatic rings. The highest BCUT2D eigenvalue weighted by Gasteiger charge is 2.55. The summed E-state index contributed by atoms with van der Waals surface area (Å²) in [5.74, 6) is 2.52. The molecule has 1 aromatic rings. The van der Waals surface area contributed by atoms with E-state index in [0.717, 1.165) is 43.9 Å². The van der Waals surface area contributed by atoms with Crippen LogP contribution >= 0.6 is 0 Å². The van der Waals surface area contributed by atoms with Gasteiger partial charge in [0.1, 0.15) is 18.6 Å². The van der Waals surface area contributed by atoms with Gasteiger partial charge in [-0.1, -0.05) is 19.1 Å². The highest BCUT2D eigenvalue weighted by Crippen LogP contribution is 2.56. The van der Waals surface area contributed by atoms with Crippen LogP contribution in [0.15, 0.2) is 30.4 Å². The maximum atomic E-state index is 12.6. The molecule has 0 bridgehead atoms. The van der Waals surface area contributed by atoms with E-state index in [1.54, 1.807) is 0 Å². The largest absolute Gasteiger partial charge is 0.462 e. The summed E-state index contributed by atoms with van der Waals surface area (Å²) < 4.78 is 16.7.